The molecule has 4 nitrogen and oxygen atoms in total. The van der Waals surface area contributed by atoms with E-state index in [4.69, 9.17) is 0 Å². The van der Waals surface area contributed by atoms with Gasteiger partial charge in [0.25, 0.3) is 0 Å². The average molecular weight is 260 g/mol. The van der Waals surface area contributed by atoms with E-state index in [1.807, 2.05) is 0 Å². The Hall–Kier alpha value is -1.07. The van der Waals surface area contributed by atoms with E-state index in [0.717, 1.165) is 0 Å². The Bertz CT molecular complexity index is 342. The summed E-state index contributed by atoms with van der Waals surface area (Å²) in [6, 6.07) is 2.70. The fourth-order valence-corrected chi connectivity index (χ4v) is 1.46. The van der Waals surface area contributed by atoms with E-state index < -0.39 is 0 Å². The van der Waals surface area contributed by atoms with E-state index in [1.165, 1.54) is 12.1 Å². The van der Waals surface area contributed by atoms with Crippen LogP contribution in [0.2, 0.25) is 0 Å². The molecule has 14 heavy (non-hydrogen) atoms. The number of hydrogen-bond donors (Lipinski definition) is 3. The second-order valence-electron chi connectivity index (χ2n) is 2.78. The van der Waals surface area contributed by atoms with Crippen molar-refractivity contribution in [3.8, 4) is 11.5 Å². The molecule has 0 radical (unpaired) electrons. The minimum absolute atomic E-state index is 0.150. The predicted molar refractivity (Wildman–Crippen MR) is 55.7 cm³/mol. The summed E-state index contributed by atoms with van der Waals surface area (Å²) in [5.41, 5.74) is 0.349. The summed E-state index contributed by atoms with van der Waals surface area (Å²) in [7, 11) is 1.66. The predicted octanol–water partition coefficient (Wildman–Crippen LogP) is 1.26. The quantitative estimate of drug-likeness (QED) is 0.565. The van der Waals surface area contributed by atoms with Gasteiger partial charge >= 0.3 is 0 Å². The molecule has 0 saturated heterocycles. The Morgan fingerprint density at radius 3 is 2.64 bits per heavy atom. The number of likely N-dealkylation sites (N-methyl/N-ethyl adjacent to an activating group) is 1. The standard InChI is InChI=1S/C9H10BrNO3/c1-11-4-8(13)5-2-6(10)9(14)7(12)3-5/h2-3,11-12,14H,4H2,1H3. The monoisotopic (exact) mass is 259 g/mol. The van der Waals surface area contributed by atoms with E-state index in [2.05, 4.69) is 21.2 Å². The minimum Gasteiger partial charge on any atom is -0.504 e. The Morgan fingerprint density at radius 1 is 1.50 bits per heavy atom. The van der Waals surface area contributed by atoms with Gasteiger partial charge in [-0.2, -0.15) is 0 Å². The molecule has 5 heteroatoms. The highest BCUT2D eigenvalue weighted by atomic mass is 79.9. The molecule has 0 saturated carbocycles. The number of rotatable bonds is 3. The van der Waals surface area contributed by atoms with Crippen LogP contribution < -0.4 is 5.32 Å². The first-order valence-corrected chi connectivity index (χ1v) is 4.75. The maximum atomic E-state index is 11.4. The van der Waals surface area contributed by atoms with Gasteiger partial charge in [-0.1, -0.05) is 0 Å². The van der Waals surface area contributed by atoms with Crippen LogP contribution in [-0.2, 0) is 0 Å². The van der Waals surface area contributed by atoms with Crippen molar-refractivity contribution >= 4 is 21.7 Å². The fourth-order valence-electron chi connectivity index (χ4n) is 1.01. The first-order chi connectivity index (χ1) is 6.56. The van der Waals surface area contributed by atoms with Crippen LogP contribution in [0, 0.1) is 0 Å². The zero-order chi connectivity index (χ0) is 10.7. The minimum atomic E-state index is -0.307. The molecule has 3 N–H and O–H groups in total. The number of carbonyl (C=O) groups is 1. The zero-order valence-electron chi connectivity index (χ0n) is 7.54. The van der Waals surface area contributed by atoms with Crippen LogP contribution in [0.15, 0.2) is 16.6 Å². The molecule has 76 valence electrons. The fraction of sp³-hybridized carbons (Fsp3) is 0.222. The molecule has 0 atom stereocenters. The lowest BCUT2D eigenvalue weighted by Crippen LogP contribution is -2.18. The van der Waals surface area contributed by atoms with Gasteiger partial charge in [-0.05, 0) is 35.1 Å². The van der Waals surface area contributed by atoms with Gasteiger partial charge in [-0.15, -0.1) is 0 Å². The highest BCUT2D eigenvalue weighted by Gasteiger charge is 2.11. The van der Waals surface area contributed by atoms with Crippen LogP contribution in [0.4, 0.5) is 0 Å². The summed E-state index contributed by atoms with van der Waals surface area (Å²) in [6.45, 7) is 0.191. The third-order valence-corrected chi connectivity index (χ3v) is 2.31. The van der Waals surface area contributed by atoms with Crippen LogP contribution in [0.3, 0.4) is 0 Å². The molecule has 0 unspecified atom stereocenters. The molecular weight excluding hydrogens is 250 g/mol. The molecule has 0 aliphatic carbocycles. The van der Waals surface area contributed by atoms with E-state index in [1.54, 1.807) is 7.05 Å². The van der Waals surface area contributed by atoms with Crippen molar-refractivity contribution in [3.63, 3.8) is 0 Å². The van der Waals surface area contributed by atoms with Gasteiger partial charge < -0.3 is 15.5 Å². The van der Waals surface area contributed by atoms with Gasteiger partial charge in [0.05, 0.1) is 11.0 Å². The zero-order valence-corrected chi connectivity index (χ0v) is 9.13. The van der Waals surface area contributed by atoms with E-state index in [9.17, 15) is 15.0 Å². The smallest absolute Gasteiger partial charge is 0.176 e. The number of phenols is 2. The number of benzene rings is 1. The first kappa shape index (κ1) is 11.0. The highest BCUT2D eigenvalue weighted by molar-refractivity contribution is 9.10. The van der Waals surface area contributed by atoms with E-state index >= 15 is 0 Å². The Balaban J connectivity index is 3.06. The third kappa shape index (κ3) is 2.24. The number of hydrogen-bond acceptors (Lipinski definition) is 4. The third-order valence-electron chi connectivity index (χ3n) is 1.70. The summed E-state index contributed by atoms with van der Waals surface area (Å²) in [6.07, 6.45) is 0. The highest BCUT2D eigenvalue weighted by Crippen LogP contribution is 2.34. The van der Waals surface area contributed by atoms with Crippen LogP contribution in [0.25, 0.3) is 0 Å². The molecule has 0 heterocycles. The maximum Gasteiger partial charge on any atom is 0.176 e. The van der Waals surface area contributed by atoms with Crippen molar-refractivity contribution in [2.75, 3.05) is 13.6 Å². The molecule has 0 amide bonds. The molecule has 0 fully saturated rings. The molecular formula is C9H10BrNO3. The summed E-state index contributed by atoms with van der Waals surface area (Å²) in [5.74, 6) is -0.715. The van der Waals surface area contributed by atoms with Crippen LogP contribution >= 0.6 is 15.9 Å². The van der Waals surface area contributed by atoms with Crippen molar-refractivity contribution in [3.05, 3.63) is 22.2 Å². The molecule has 0 aliphatic rings. The van der Waals surface area contributed by atoms with Crippen molar-refractivity contribution in [1.82, 2.24) is 5.32 Å². The van der Waals surface area contributed by atoms with Gasteiger partial charge in [-0.3, -0.25) is 4.79 Å². The number of ketones is 1. The Morgan fingerprint density at radius 2 is 2.14 bits per heavy atom. The number of carbonyl (C=O) groups excluding carboxylic acids is 1. The number of Topliss-reactive ketones (excluding diaryl/α,β-unsaturated/α-hetero) is 1. The SMILES string of the molecule is CNCC(=O)c1cc(O)c(O)c(Br)c1. The van der Waals surface area contributed by atoms with Gasteiger partial charge in [-0.25, -0.2) is 0 Å². The molecule has 0 spiro atoms. The van der Waals surface area contributed by atoms with Gasteiger partial charge in [0.15, 0.2) is 17.3 Å². The first-order valence-electron chi connectivity index (χ1n) is 3.95. The summed E-state index contributed by atoms with van der Waals surface area (Å²) in [4.78, 5) is 11.4. The topological polar surface area (TPSA) is 69.6 Å². The molecule has 1 aromatic rings. The van der Waals surface area contributed by atoms with Crippen molar-refractivity contribution in [2.45, 2.75) is 0 Å². The van der Waals surface area contributed by atoms with Gasteiger partial charge in [0.1, 0.15) is 0 Å². The molecule has 0 aliphatic heterocycles. The summed E-state index contributed by atoms with van der Waals surface area (Å²) in [5, 5.41) is 21.2. The number of halogens is 1. The largest absolute Gasteiger partial charge is 0.504 e. The summed E-state index contributed by atoms with van der Waals surface area (Å²) >= 11 is 3.03. The van der Waals surface area contributed by atoms with Gasteiger partial charge in [0, 0.05) is 5.56 Å². The lowest BCUT2D eigenvalue weighted by Gasteiger charge is -2.04. The lowest BCUT2D eigenvalue weighted by atomic mass is 10.1. The maximum absolute atomic E-state index is 11.4. The molecule has 1 aromatic carbocycles. The molecule has 0 aromatic heterocycles. The van der Waals surface area contributed by atoms with Crippen LogP contribution in [0.1, 0.15) is 10.4 Å². The van der Waals surface area contributed by atoms with Crippen molar-refractivity contribution in [1.29, 1.82) is 0 Å². The average Bonchev–Trinajstić information content (AvgIpc) is 2.13. The van der Waals surface area contributed by atoms with Gasteiger partial charge in [0.2, 0.25) is 0 Å². The van der Waals surface area contributed by atoms with E-state index in [-0.39, 0.29) is 23.8 Å². The lowest BCUT2D eigenvalue weighted by molar-refractivity contribution is 0.0993. The number of phenolic OH excluding ortho intramolecular Hbond substituents is 2. The Kier molecular flexibility index (Phi) is 3.49. The Labute approximate surface area is 89.7 Å². The molecule has 0 bridgehead atoms. The second-order valence-corrected chi connectivity index (χ2v) is 3.63. The van der Waals surface area contributed by atoms with Crippen molar-refractivity contribution < 1.29 is 15.0 Å². The number of aromatic hydroxyl groups is 2. The second kappa shape index (κ2) is 4.43. The normalized spacial score (nSPS) is 10.1. The van der Waals surface area contributed by atoms with Crippen molar-refractivity contribution in [2.24, 2.45) is 0 Å². The summed E-state index contributed by atoms with van der Waals surface area (Å²) < 4.78 is 0.303. The van der Waals surface area contributed by atoms with Crippen LogP contribution in [0.5, 0.6) is 11.5 Å². The number of nitrogens with one attached hydrogen (secondary N) is 1. The van der Waals surface area contributed by atoms with Crippen LogP contribution in [-0.4, -0.2) is 29.6 Å². The van der Waals surface area contributed by atoms with E-state index in [0.29, 0.717) is 10.0 Å². The molecule has 1 rings (SSSR count).